The molecule has 0 aliphatic heterocycles. The molecule has 3 heteroatoms. The van der Waals surface area contributed by atoms with Crippen LogP contribution in [0.15, 0.2) is 36.9 Å². The molecule has 0 aromatic carbocycles. The van der Waals surface area contributed by atoms with Crippen LogP contribution in [0.4, 0.5) is 0 Å². The highest BCUT2D eigenvalue weighted by Gasteiger charge is 2.03. The van der Waals surface area contributed by atoms with Crippen molar-refractivity contribution in [3.63, 3.8) is 0 Å². The zero-order valence-corrected chi connectivity index (χ0v) is 9.20. The highest BCUT2D eigenvalue weighted by molar-refractivity contribution is 6.31. The van der Waals surface area contributed by atoms with Crippen LogP contribution in [-0.4, -0.2) is 9.97 Å². The maximum absolute atomic E-state index is 6.07. The second kappa shape index (κ2) is 4.41. The maximum atomic E-state index is 6.07. The van der Waals surface area contributed by atoms with Crippen LogP contribution in [0.5, 0.6) is 0 Å². The van der Waals surface area contributed by atoms with Crippen LogP contribution in [0.2, 0.25) is 5.02 Å². The van der Waals surface area contributed by atoms with E-state index in [0.29, 0.717) is 0 Å². The SMILES string of the molecule is Cc1cnccc1Cc1cnccc1Cl. The van der Waals surface area contributed by atoms with E-state index in [1.165, 1.54) is 11.1 Å². The topological polar surface area (TPSA) is 25.8 Å². The molecule has 2 nitrogen and oxygen atoms in total. The Morgan fingerprint density at radius 3 is 2.53 bits per heavy atom. The van der Waals surface area contributed by atoms with Crippen molar-refractivity contribution in [2.24, 2.45) is 0 Å². The second-order valence-corrected chi connectivity index (χ2v) is 3.85. The minimum absolute atomic E-state index is 0.765. The summed E-state index contributed by atoms with van der Waals surface area (Å²) in [5.41, 5.74) is 3.46. The van der Waals surface area contributed by atoms with Gasteiger partial charge in [-0.2, -0.15) is 0 Å². The Bertz CT molecular complexity index is 425. The van der Waals surface area contributed by atoms with Crippen molar-refractivity contribution >= 4 is 11.6 Å². The van der Waals surface area contributed by atoms with Crippen molar-refractivity contribution in [2.75, 3.05) is 0 Å². The first-order valence-corrected chi connectivity index (χ1v) is 5.13. The van der Waals surface area contributed by atoms with Crippen LogP contribution in [0.3, 0.4) is 0 Å². The van der Waals surface area contributed by atoms with Crippen LogP contribution >= 0.6 is 11.6 Å². The zero-order valence-electron chi connectivity index (χ0n) is 8.44. The number of aryl methyl sites for hydroxylation is 1. The Balaban J connectivity index is 2.30. The number of aromatic nitrogens is 2. The summed E-state index contributed by atoms with van der Waals surface area (Å²) in [6, 6.07) is 3.83. The molecule has 76 valence electrons. The Morgan fingerprint density at radius 1 is 1.07 bits per heavy atom. The number of rotatable bonds is 2. The Hall–Kier alpha value is -1.41. The first kappa shape index (κ1) is 10.1. The van der Waals surface area contributed by atoms with Crippen molar-refractivity contribution in [3.05, 3.63) is 58.6 Å². The number of hydrogen-bond acceptors (Lipinski definition) is 2. The van der Waals surface area contributed by atoms with E-state index in [0.717, 1.165) is 17.0 Å². The lowest BCUT2D eigenvalue weighted by atomic mass is 10.0. The number of pyridine rings is 2. The Kier molecular flexibility index (Phi) is 2.97. The fraction of sp³-hybridized carbons (Fsp3) is 0.167. The minimum Gasteiger partial charge on any atom is -0.264 e. The third-order valence-corrected chi connectivity index (χ3v) is 2.73. The summed E-state index contributed by atoms with van der Waals surface area (Å²) < 4.78 is 0. The predicted octanol–water partition coefficient (Wildman–Crippen LogP) is 3.03. The van der Waals surface area contributed by atoms with Crippen molar-refractivity contribution in [2.45, 2.75) is 13.3 Å². The number of hydrogen-bond donors (Lipinski definition) is 0. The zero-order chi connectivity index (χ0) is 10.7. The molecule has 0 aliphatic rings. The summed E-state index contributed by atoms with van der Waals surface area (Å²) in [5, 5.41) is 0.765. The molecular formula is C12H11ClN2. The van der Waals surface area contributed by atoms with Gasteiger partial charge in [0.2, 0.25) is 0 Å². The van der Waals surface area contributed by atoms with E-state index in [1.807, 2.05) is 31.5 Å². The fourth-order valence-corrected chi connectivity index (χ4v) is 1.62. The fourth-order valence-electron chi connectivity index (χ4n) is 1.45. The molecule has 0 saturated carbocycles. The maximum Gasteiger partial charge on any atom is 0.0472 e. The van der Waals surface area contributed by atoms with E-state index in [-0.39, 0.29) is 0 Å². The summed E-state index contributed by atoms with van der Waals surface area (Å²) >= 11 is 6.07. The van der Waals surface area contributed by atoms with Gasteiger partial charge in [-0.05, 0) is 35.7 Å². The third kappa shape index (κ3) is 2.34. The molecule has 2 heterocycles. The largest absolute Gasteiger partial charge is 0.264 e. The third-order valence-electron chi connectivity index (χ3n) is 2.36. The van der Waals surface area contributed by atoms with E-state index in [4.69, 9.17) is 11.6 Å². The molecule has 2 aromatic rings. The Morgan fingerprint density at radius 2 is 1.80 bits per heavy atom. The van der Waals surface area contributed by atoms with Gasteiger partial charge >= 0.3 is 0 Å². The average Bonchev–Trinajstić information content (AvgIpc) is 2.24. The van der Waals surface area contributed by atoms with Gasteiger partial charge in [-0.1, -0.05) is 11.6 Å². The summed E-state index contributed by atoms with van der Waals surface area (Å²) in [4.78, 5) is 8.13. The van der Waals surface area contributed by atoms with Gasteiger partial charge in [-0.3, -0.25) is 9.97 Å². The van der Waals surface area contributed by atoms with E-state index >= 15 is 0 Å². The minimum atomic E-state index is 0.765. The smallest absolute Gasteiger partial charge is 0.0472 e. The van der Waals surface area contributed by atoms with Crippen LogP contribution in [0.25, 0.3) is 0 Å². The van der Waals surface area contributed by atoms with Gasteiger partial charge in [0.05, 0.1) is 0 Å². The van der Waals surface area contributed by atoms with Crippen LogP contribution in [0.1, 0.15) is 16.7 Å². The molecule has 0 unspecified atom stereocenters. The van der Waals surface area contributed by atoms with Gasteiger partial charge in [-0.15, -0.1) is 0 Å². The van der Waals surface area contributed by atoms with Crippen LogP contribution < -0.4 is 0 Å². The van der Waals surface area contributed by atoms with Crippen molar-refractivity contribution in [1.29, 1.82) is 0 Å². The van der Waals surface area contributed by atoms with Crippen LogP contribution in [-0.2, 0) is 6.42 Å². The lowest BCUT2D eigenvalue weighted by Gasteiger charge is -2.05. The number of nitrogens with zero attached hydrogens (tertiary/aromatic N) is 2. The van der Waals surface area contributed by atoms with Gasteiger partial charge < -0.3 is 0 Å². The summed E-state index contributed by atoms with van der Waals surface area (Å²) in [6.07, 6.45) is 7.97. The lowest BCUT2D eigenvalue weighted by Crippen LogP contribution is -1.93. The van der Waals surface area contributed by atoms with Gasteiger partial charge in [-0.25, -0.2) is 0 Å². The van der Waals surface area contributed by atoms with Gasteiger partial charge in [0.1, 0.15) is 0 Å². The first-order valence-electron chi connectivity index (χ1n) is 4.75. The molecule has 0 aliphatic carbocycles. The van der Waals surface area contributed by atoms with E-state index < -0.39 is 0 Å². The lowest BCUT2D eigenvalue weighted by molar-refractivity contribution is 1.10. The highest BCUT2D eigenvalue weighted by atomic mass is 35.5. The molecule has 0 radical (unpaired) electrons. The molecule has 0 spiro atoms. The normalized spacial score (nSPS) is 10.3. The summed E-state index contributed by atoms with van der Waals surface area (Å²) in [5.74, 6) is 0. The second-order valence-electron chi connectivity index (χ2n) is 3.45. The van der Waals surface area contributed by atoms with Crippen molar-refractivity contribution in [3.8, 4) is 0 Å². The molecule has 0 bridgehead atoms. The van der Waals surface area contributed by atoms with Gasteiger partial charge in [0.25, 0.3) is 0 Å². The molecule has 0 amide bonds. The molecule has 2 aromatic heterocycles. The molecule has 0 N–H and O–H groups in total. The van der Waals surface area contributed by atoms with Crippen molar-refractivity contribution in [1.82, 2.24) is 9.97 Å². The first-order chi connectivity index (χ1) is 7.27. The molecule has 0 saturated heterocycles. The predicted molar refractivity (Wildman–Crippen MR) is 61.0 cm³/mol. The standard InChI is InChI=1S/C12H11ClN2/c1-9-7-14-4-2-10(9)6-11-8-15-5-3-12(11)13/h2-5,7-8H,6H2,1H3. The Labute approximate surface area is 94.0 Å². The van der Waals surface area contributed by atoms with Crippen LogP contribution in [0, 0.1) is 6.92 Å². The highest BCUT2D eigenvalue weighted by Crippen LogP contribution is 2.18. The number of halogens is 1. The van der Waals surface area contributed by atoms with Crippen molar-refractivity contribution < 1.29 is 0 Å². The molecule has 0 fully saturated rings. The van der Waals surface area contributed by atoms with Gasteiger partial charge in [0.15, 0.2) is 0 Å². The summed E-state index contributed by atoms with van der Waals surface area (Å²) in [7, 11) is 0. The van der Waals surface area contributed by atoms with E-state index in [1.54, 1.807) is 12.4 Å². The molecule has 0 atom stereocenters. The molecule has 15 heavy (non-hydrogen) atoms. The molecule has 2 rings (SSSR count). The van der Waals surface area contributed by atoms with E-state index in [2.05, 4.69) is 9.97 Å². The average molecular weight is 219 g/mol. The van der Waals surface area contributed by atoms with E-state index in [9.17, 15) is 0 Å². The quantitative estimate of drug-likeness (QED) is 0.775. The summed E-state index contributed by atoms with van der Waals surface area (Å²) in [6.45, 7) is 2.05. The monoisotopic (exact) mass is 218 g/mol. The van der Waals surface area contributed by atoms with Gasteiger partial charge in [0, 0.05) is 36.2 Å². The molecular weight excluding hydrogens is 208 g/mol.